The van der Waals surface area contributed by atoms with Crippen molar-refractivity contribution in [1.29, 1.82) is 5.26 Å². The molecule has 0 spiro atoms. The highest BCUT2D eigenvalue weighted by Gasteiger charge is 2.20. The second-order valence-electron chi connectivity index (χ2n) is 4.48. The van der Waals surface area contributed by atoms with Crippen molar-refractivity contribution in [2.75, 3.05) is 0 Å². The molecule has 2 rings (SSSR count). The van der Waals surface area contributed by atoms with E-state index < -0.39 is 10.0 Å². The summed E-state index contributed by atoms with van der Waals surface area (Å²) in [5.41, 5.74) is 1.21. The fourth-order valence-electron chi connectivity index (χ4n) is 1.97. The molecule has 0 aliphatic carbocycles. The van der Waals surface area contributed by atoms with Crippen molar-refractivity contribution in [2.45, 2.75) is 18.0 Å². The fraction of sp³-hybridized carbons (Fsp3) is 0.133. The Bertz CT molecular complexity index is 829. The predicted molar refractivity (Wildman–Crippen MR) is 82.6 cm³/mol. The summed E-state index contributed by atoms with van der Waals surface area (Å²) in [5.74, 6) is 0. The van der Waals surface area contributed by atoms with Gasteiger partial charge in [0.25, 0.3) is 0 Å². The minimum absolute atomic E-state index is 0.0104. The Hall–Kier alpha value is -1.91. The van der Waals surface area contributed by atoms with Gasteiger partial charge in [-0.05, 0) is 23.3 Å². The third-order valence-corrected chi connectivity index (χ3v) is 4.88. The third-order valence-electron chi connectivity index (χ3n) is 3.12. The average molecular weight is 337 g/mol. The summed E-state index contributed by atoms with van der Waals surface area (Å²) < 4.78 is 27.1. The lowest BCUT2D eigenvalue weighted by molar-refractivity contribution is 0.280. The Balaban J connectivity index is 2.30. The molecule has 114 valence electrons. The van der Waals surface area contributed by atoms with Crippen molar-refractivity contribution >= 4 is 21.6 Å². The van der Waals surface area contributed by atoms with Crippen molar-refractivity contribution < 1.29 is 13.5 Å². The van der Waals surface area contributed by atoms with Gasteiger partial charge in [-0.25, -0.2) is 13.1 Å². The first-order valence-electron chi connectivity index (χ1n) is 6.35. The highest BCUT2D eigenvalue weighted by Crippen LogP contribution is 2.23. The maximum atomic E-state index is 12.4. The van der Waals surface area contributed by atoms with Crippen LogP contribution < -0.4 is 4.72 Å². The van der Waals surface area contributed by atoms with Gasteiger partial charge < -0.3 is 5.11 Å². The van der Waals surface area contributed by atoms with E-state index in [1.807, 2.05) is 0 Å². The van der Waals surface area contributed by atoms with Gasteiger partial charge in [0.05, 0.1) is 17.2 Å². The molecule has 0 saturated carbocycles. The first kappa shape index (κ1) is 16.5. The standard InChI is InChI=1S/C15H13ClN2O3S/c16-14-6-3-7-15(13(14)8-17)22(20,21)18-9-11-4-1-2-5-12(11)10-19/h1-7,18-19H,9-10H2. The fourth-order valence-corrected chi connectivity index (χ4v) is 3.43. The molecule has 0 amide bonds. The van der Waals surface area contributed by atoms with Gasteiger partial charge in [0, 0.05) is 6.54 Å². The van der Waals surface area contributed by atoms with E-state index in [0.717, 1.165) is 0 Å². The molecule has 2 N–H and O–H groups in total. The summed E-state index contributed by atoms with van der Waals surface area (Å²) in [6, 6.07) is 13.0. The maximum Gasteiger partial charge on any atom is 0.242 e. The average Bonchev–Trinajstić information content (AvgIpc) is 2.53. The van der Waals surface area contributed by atoms with Crippen molar-refractivity contribution in [1.82, 2.24) is 4.72 Å². The van der Waals surface area contributed by atoms with Crippen molar-refractivity contribution in [3.63, 3.8) is 0 Å². The monoisotopic (exact) mass is 336 g/mol. The van der Waals surface area contributed by atoms with Gasteiger partial charge in [-0.3, -0.25) is 0 Å². The van der Waals surface area contributed by atoms with Crippen LogP contribution in [-0.2, 0) is 23.2 Å². The summed E-state index contributed by atoms with van der Waals surface area (Å²) >= 11 is 5.85. The molecule has 0 bridgehead atoms. The molecular weight excluding hydrogens is 324 g/mol. The van der Waals surface area contributed by atoms with Gasteiger partial charge >= 0.3 is 0 Å². The van der Waals surface area contributed by atoms with E-state index in [0.29, 0.717) is 11.1 Å². The highest BCUT2D eigenvalue weighted by molar-refractivity contribution is 7.89. The molecule has 0 saturated heterocycles. The number of benzene rings is 2. The van der Waals surface area contributed by atoms with Gasteiger partial charge in [-0.15, -0.1) is 0 Å². The van der Waals surface area contributed by atoms with Crippen molar-refractivity contribution in [3.8, 4) is 6.07 Å². The van der Waals surface area contributed by atoms with Crippen LogP contribution in [0.2, 0.25) is 5.02 Å². The first-order chi connectivity index (χ1) is 10.5. The largest absolute Gasteiger partial charge is 0.392 e. The van der Waals surface area contributed by atoms with Gasteiger partial charge in [0.15, 0.2) is 0 Å². The molecule has 5 nitrogen and oxygen atoms in total. The zero-order valence-electron chi connectivity index (χ0n) is 11.5. The number of hydrogen-bond donors (Lipinski definition) is 2. The van der Waals surface area contributed by atoms with Gasteiger partial charge in [-0.2, -0.15) is 5.26 Å². The highest BCUT2D eigenvalue weighted by atomic mass is 35.5. The summed E-state index contributed by atoms with van der Waals surface area (Å²) in [5, 5.41) is 18.4. The molecule has 0 fully saturated rings. The van der Waals surface area contributed by atoms with E-state index in [9.17, 15) is 13.5 Å². The molecule has 2 aromatic rings. The number of nitrogens with zero attached hydrogens (tertiary/aromatic N) is 1. The summed E-state index contributed by atoms with van der Waals surface area (Å²) in [4.78, 5) is -0.163. The molecule has 0 unspecified atom stereocenters. The zero-order valence-corrected chi connectivity index (χ0v) is 13.0. The van der Waals surface area contributed by atoms with Gasteiger partial charge in [0.1, 0.15) is 11.0 Å². The Morgan fingerprint density at radius 3 is 2.45 bits per heavy atom. The number of halogens is 1. The number of nitriles is 1. The van der Waals surface area contributed by atoms with Crippen LogP contribution in [0.15, 0.2) is 47.4 Å². The molecule has 0 aromatic heterocycles. The molecule has 7 heteroatoms. The lowest BCUT2D eigenvalue weighted by Crippen LogP contribution is -2.24. The maximum absolute atomic E-state index is 12.4. The van der Waals surface area contributed by atoms with Crippen LogP contribution in [0.5, 0.6) is 0 Å². The molecule has 0 aliphatic rings. The van der Waals surface area contributed by atoms with Gasteiger partial charge in [0.2, 0.25) is 10.0 Å². The SMILES string of the molecule is N#Cc1c(Cl)cccc1S(=O)(=O)NCc1ccccc1CO. The molecular formula is C15H13ClN2O3S. The minimum Gasteiger partial charge on any atom is -0.392 e. The van der Waals surface area contributed by atoms with Crippen LogP contribution in [0.25, 0.3) is 0 Å². The summed E-state index contributed by atoms with van der Waals surface area (Å²) in [6.45, 7) is -0.172. The molecule has 0 radical (unpaired) electrons. The van der Waals surface area contributed by atoms with Crippen LogP contribution in [0.1, 0.15) is 16.7 Å². The predicted octanol–water partition coefficient (Wildman–Crippen LogP) is 2.18. The molecule has 0 heterocycles. The Labute approximate surface area is 133 Å². The molecule has 0 atom stereocenters. The number of hydrogen-bond acceptors (Lipinski definition) is 4. The third kappa shape index (κ3) is 3.46. The summed E-state index contributed by atoms with van der Waals surface area (Å²) in [7, 11) is -3.89. The smallest absolute Gasteiger partial charge is 0.242 e. The Kier molecular flexibility index (Phi) is 5.16. The topological polar surface area (TPSA) is 90.2 Å². The number of rotatable bonds is 5. The van der Waals surface area contributed by atoms with Crippen LogP contribution in [0.4, 0.5) is 0 Å². The van der Waals surface area contributed by atoms with E-state index in [1.54, 1.807) is 30.3 Å². The first-order valence-corrected chi connectivity index (χ1v) is 8.21. The Morgan fingerprint density at radius 2 is 1.82 bits per heavy atom. The minimum atomic E-state index is -3.89. The molecule has 22 heavy (non-hydrogen) atoms. The Morgan fingerprint density at radius 1 is 1.14 bits per heavy atom. The van der Waals surface area contributed by atoms with Crippen LogP contribution in [0.3, 0.4) is 0 Å². The molecule has 2 aromatic carbocycles. The summed E-state index contributed by atoms with van der Waals surface area (Å²) in [6.07, 6.45) is 0. The number of nitrogens with one attached hydrogen (secondary N) is 1. The van der Waals surface area contributed by atoms with E-state index in [4.69, 9.17) is 16.9 Å². The second-order valence-corrected chi connectivity index (χ2v) is 6.62. The second kappa shape index (κ2) is 6.90. The number of aliphatic hydroxyl groups excluding tert-OH is 1. The van der Waals surface area contributed by atoms with Crippen LogP contribution >= 0.6 is 11.6 Å². The normalized spacial score (nSPS) is 11.1. The van der Waals surface area contributed by atoms with Crippen LogP contribution in [0, 0.1) is 11.3 Å². The van der Waals surface area contributed by atoms with E-state index in [1.165, 1.54) is 18.2 Å². The van der Waals surface area contributed by atoms with E-state index in [-0.39, 0.29) is 28.6 Å². The van der Waals surface area contributed by atoms with Crippen molar-refractivity contribution in [2.24, 2.45) is 0 Å². The number of aliphatic hydroxyl groups is 1. The zero-order chi connectivity index (χ0) is 16.2. The lowest BCUT2D eigenvalue weighted by Gasteiger charge is -2.11. The van der Waals surface area contributed by atoms with E-state index >= 15 is 0 Å². The van der Waals surface area contributed by atoms with E-state index in [2.05, 4.69) is 4.72 Å². The molecule has 0 aliphatic heterocycles. The van der Waals surface area contributed by atoms with Crippen molar-refractivity contribution in [3.05, 3.63) is 64.2 Å². The van der Waals surface area contributed by atoms with Crippen LogP contribution in [-0.4, -0.2) is 13.5 Å². The van der Waals surface area contributed by atoms with Gasteiger partial charge in [-0.1, -0.05) is 41.9 Å². The lowest BCUT2D eigenvalue weighted by atomic mass is 10.1. The quantitative estimate of drug-likeness (QED) is 0.875. The number of sulfonamides is 1.